The number of carbonyl (C=O) groups is 1. The van der Waals surface area contributed by atoms with Crippen molar-refractivity contribution in [1.82, 2.24) is 10.6 Å². The molecule has 126 valence electrons. The molecule has 6 heteroatoms. The van der Waals surface area contributed by atoms with Gasteiger partial charge < -0.3 is 19.8 Å². The fourth-order valence-electron chi connectivity index (χ4n) is 3.05. The number of carbonyl (C=O) groups excluding carboxylic acids is 1. The number of aryl methyl sites for hydroxylation is 1. The summed E-state index contributed by atoms with van der Waals surface area (Å²) in [6.07, 6.45) is 1.95. The third-order valence-electron chi connectivity index (χ3n) is 4.31. The quantitative estimate of drug-likeness (QED) is 0.899. The number of hydrogen-bond acceptors (Lipinski definition) is 4. The van der Waals surface area contributed by atoms with Crippen molar-refractivity contribution in [3.8, 4) is 5.75 Å². The lowest BCUT2D eigenvalue weighted by Crippen LogP contribution is -2.41. The van der Waals surface area contributed by atoms with Crippen LogP contribution in [0.2, 0.25) is 0 Å². The Kier molecular flexibility index (Phi) is 5.55. The number of furan rings is 1. The summed E-state index contributed by atoms with van der Waals surface area (Å²) in [7, 11) is 1.65. The van der Waals surface area contributed by atoms with Gasteiger partial charge in [0.15, 0.2) is 0 Å². The number of hydrogen-bond donors (Lipinski definition) is 2. The van der Waals surface area contributed by atoms with Gasteiger partial charge in [0.25, 0.3) is 0 Å². The molecule has 1 saturated heterocycles. The molecule has 0 bridgehead atoms. The topological polar surface area (TPSA) is 63.5 Å². The molecule has 2 atom stereocenters. The summed E-state index contributed by atoms with van der Waals surface area (Å²) in [6, 6.07) is 5.50. The van der Waals surface area contributed by atoms with Crippen LogP contribution in [0, 0.1) is 6.92 Å². The van der Waals surface area contributed by atoms with Gasteiger partial charge in [-0.25, -0.2) is 0 Å². The molecule has 2 aromatic rings. The highest BCUT2D eigenvalue weighted by Crippen LogP contribution is 2.32. The highest BCUT2D eigenvalue weighted by atomic mass is 35.5. The number of rotatable bonds is 4. The van der Waals surface area contributed by atoms with Gasteiger partial charge in [-0.1, -0.05) is 0 Å². The molecule has 1 amide bonds. The average molecular weight is 339 g/mol. The predicted molar refractivity (Wildman–Crippen MR) is 92.3 cm³/mol. The van der Waals surface area contributed by atoms with Crippen LogP contribution in [0.4, 0.5) is 0 Å². The van der Waals surface area contributed by atoms with Gasteiger partial charge in [-0.05, 0) is 51.4 Å². The molecule has 1 aliphatic rings. The monoisotopic (exact) mass is 338 g/mol. The smallest absolute Gasteiger partial charge is 0.237 e. The van der Waals surface area contributed by atoms with E-state index < -0.39 is 0 Å². The zero-order valence-corrected chi connectivity index (χ0v) is 14.5. The van der Waals surface area contributed by atoms with Crippen molar-refractivity contribution in [3.05, 3.63) is 29.5 Å². The second-order valence-corrected chi connectivity index (χ2v) is 5.83. The summed E-state index contributed by atoms with van der Waals surface area (Å²) >= 11 is 0. The molecule has 1 aromatic carbocycles. The van der Waals surface area contributed by atoms with Gasteiger partial charge in [0.05, 0.1) is 19.2 Å². The Morgan fingerprint density at radius 2 is 2.26 bits per heavy atom. The van der Waals surface area contributed by atoms with Crippen LogP contribution in [-0.2, 0) is 4.79 Å². The highest BCUT2D eigenvalue weighted by Gasteiger charge is 2.25. The standard InChI is InChI=1S/C17H22N2O3.ClH/c1-10-13-9-12(21-3)6-7-15(13)22-16(10)11(2)19-17(20)14-5-4-8-18-14;/h6-7,9,11,14,18H,4-5,8H2,1-3H3,(H,19,20);1H. The van der Waals surface area contributed by atoms with E-state index in [2.05, 4.69) is 10.6 Å². The Morgan fingerprint density at radius 1 is 1.48 bits per heavy atom. The largest absolute Gasteiger partial charge is 0.497 e. The zero-order valence-electron chi connectivity index (χ0n) is 13.6. The molecule has 5 nitrogen and oxygen atoms in total. The second-order valence-electron chi connectivity index (χ2n) is 5.83. The minimum Gasteiger partial charge on any atom is -0.497 e. The number of amides is 1. The summed E-state index contributed by atoms with van der Waals surface area (Å²) < 4.78 is 11.2. The molecule has 2 N–H and O–H groups in total. The maximum absolute atomic E-state index is 12.2. The number of fused-ring (bicyclic) bond motifs is 1. The lowest BCUT2D eigenvalue weighted by molar-refractivity contribution is -0.123. The molecule has 23 heavy (non-hydrogen) atoms. The van der Waals surface area contributed by atoms with E-state index in [0.29, 0.717) is 0 Å². The van der Waals surface area contributed by atoms with Gasteiger partial charge in [-0.3, -0.25) is 4.79 Å². The van der Waals surface area contributed by atoms with Crippen molar-refractivity contribution >= 4 is 29.3 Å². The van der Waals surface area contributed by atoms with Crippen molar-refractivity contribution in [2.24, 2.45) is 0 Å². The Bertz CT molecular complexity index is 692. The Balaban J connectivity index is 0.00000192. The molecule has 3 rings (SSSR count). The normalized spacial score (nSPS) is 18.5. The molecule has 0 aliphatic carbocycles. The summed E-state index contributed by atoms with van der Waals surface area (Å²) in [5, 5.41) is 7.27. The minimum absolute atomic E-state index is 0. The number of benzene rings is 1. The van der Waals surface area contributed by atoms with E-state index in [1.165, 1.54) is 0 Å². The molecular weight excluding hydrogens is 316 g/mol. The molecule has 2 heterocycles. The van der Waals surface area contributed by atoms with E-state index >= 15 is 0 Å². The number of methoxy groups -OCH3 is 1. The second kappa shape index (κ2) is 7.23. The van der Waals surface area contributed by atoms with Gasteiger partial charge in [0.2, 0.25) is 5.91 Å². The maximum atomic E-state index is 12.2. The summed E-state index contributed by atoms with van der Waals surface area (Å²) in [5.41, 5.74) is 1.86. The molecule has 1 fully saturated rings. The average Bonchev–Trinajstić information content (AvgIpc) is 3.15. The van der Waals surface area contributed by atoms with Crippen molar-refractivity contribution in [2.75, 3.05) is 13.7 Å². The van der Waals surface area contributed by atoms with Crippen LogP contribution in [0.1, 0.15) is 37.1 Å². The Hall–Kier alpha value is -1.72. The van der Waals surface area contributed by atoms with Crippen molar-refractivity contribution in [1.29, 1.82) is 0 Å². The summed E-state index contributed by atoms with van der Waals surface area (Å²) in [4.78, 5) is 12.2. The first-order valence-corrected chi connectivity index (χ1v) is 7.71. The van der Waals surface area contributed by atoms with Crippen LogP contribution in [0.5, 0.6) is 5.75 Å². The fourth-order valence-corrected chi connectivity index (χ4v) is 3.05. The summed E-state index contributed by atoms with van der Waals surface area (Å²) in [6.45, 7) is 4.88. The van der Waals surface area contributed by atoms with Gasteiger partial charge in [-0.15, -0.1) is 12.4 Å². The molecule has 0 radical (unpaired) electrons. The molecule has 2 unspecified atom stereocenters. The Morgan fingerprint density at radius 3 is 2.91 bits per heavy atom. The van der Waals surface area contributed by atoms with E-state index in [0.717, 1.165) is 47.4 Å². The van der Waals surface area contributed by atoms with Crippen molar-refractivity contribution in [3.63, 3.8) is 0 Å². The molecule has 0 saturated carbocycles. The first-order chi connectivity index (χ1) is 10.6. The molecule has 1 aromatic heterocycles. The van der Waals surface area contributed by atoms with Crippen LogP contribution < -0.4 is 15.4 Å². The number of ether oxygens (including phenoxy) is 1. The number of nitrogens with one attached hydrogen (secondary N) is 2. The molecule has 0 spiro atoms. The third kappa shape index (κ3) is 3.46. The Labute approximate surface area is 142 Å². The van der Waals surface area contributed by atoms with Gasteiger partial charge >= 0.3 is 0 Å². The summed E-state index contributed by atoms with van der Waals surface area (Å²) in [5.74, 6) is 1.65. The van der Waals surface area contributed by atoms with Gasteiger partial charge in [0.1, 0.15) is 17.1 Å². The highest BCUT2D eigenvalue weighted by molar-refractivity contribution is 5.85. The maximum Gasteiger partial charge on any atom is 0.237 e. The van der Waals surface area contributed by atoms with E-state index in [9.17, 15) is 4.79 Å². The SMILES string of the molecule is COc1ccc2oc(C(C)NC(=O)C3CCCN3)c(C)c2c1.Cl. The van der Waals surface area contributed by atoms with Crippen LogP contribution in [-0.4, -0.2) is 25.6 Å². The van der Waals surface area contributed by atoms with Crippen LogP contribution in [0.15, 0.2) is 22.6 Å². The van der Waals surface area contributed by atoms with E-state index in [-0.39, 0.29) is 30.4 Å². The lowest BCUT2D eigenvalue weighted by atomic mass is 10.1. The third-order valence-corrected chi connectivity index (χ3v) is 4.31. The minimum atomic E-state index is -0.159. The van der Waals surface area contributed by atoms with Crippen LogP contribution >= 0.6 is 12.4 Å². The van der Waals surface area contributed by atoms with E-state index in [4.69, 9.17) is 9.15 Å². The first-order valence-electron chi connectivity index (χ1n) is 7.71. The van der Waals surface area contributed by atoms with Crippen molar-refractivity contribution < 1.29 is 13.9 Å². The lowest BCUT2D eigenvalue weighted by Gasteiger charge is -2.16. The van der Waals surface area contributed by atoms with Crippen LogP contribution in [0.3, 0.4) is 0 Å². The fraction of sp³-hybridized carbons (Fsp3) is 0.471. The van der Waals surface area contributed by atoms with Crippen molar-refractivity contribution in [2.45, 2.75) is 38.8 Å². The first kappa shape index (κ1) is 17.6. The molecule has 1 aliphatic heterocycles. The predicted octanol–water partition coefficient (Wildman–Crippen LogP) is 3.10. The van der Waals surface area contributed by atoms with Crippen LogP contribution in [0.25, 0.3) is 11.0 Å². The number of halogens is 1. The molecular formula is C17H23ClN2O3. The van der Waals surface area contributed by atoms with E-state index in [1.54, 1.807) is 7.11 Å². The zero-order chi connectivity index (χ0) is 15.7. The van der Waals surface area contributed by atoms with E-state index in [1.807, 2.05) is 32.0 Å². The van der Waals surface area contributed by atoms with Gasteiger partial charge in [-0.2, -0.15) is 0 Å². The van der Waals surface area contributed by atoms with Gasteiger partial charge in [0, 0.05) is 10.9 Å².